The van der Waals surface area contributed by atoms with Gasteiger partial charge in [-0.1, -0.05) is 0 Å². The number of ether oxygens (including phenoxy) is 1. The molecule has 7 heteroatoms. The molecule has 0 fully saturated rings. The fourth-order valence-electron chi connectivity index (χ4n) is 1.76. The number of carbonyl (C=O) groups is 1. The molecule has 0 saturated carbocycles. The first-order valence-corrected chi connectivity index (χ1v) is 5.15. The van der Waals surface area contributed by atoms with Crippen molar-refractivity contribution in [1.82, 2.24) is 9.78 Å². The maximum Gasteiger partial charge on any atom is 0.359 e. The van der Waals surface area contributed by atoms with E-state index in [2.05, 4.69) is 5.10 Å². The molecule has 90 valence electrons. The molecular weight excluding hydrogens is 238 g/mol. The second-order valence-electron chi connectivity index (χ2n) is 3.80. The first-order chi connectivity index (χ1) is 8.65. The minimum atomic E-state index is -0.468. The van der Waals surface area contributed by atoms with Gasteiger partial charge in [0.1, 0.15) is 6.61 Å². The van der Waals surface area contributed by atoms with Gasteiger partial charge in [-0.2, -0.15) is 5.10 Å². The van der Waals surface area contributed by atoms with Crippen LogP contribution in [0.2, 0.25) is 0 Å². The van der Waals surface area contributed by atoms with E-state index in [1.165, 1.54) is 16.8 Å². The van der Waals surface area contributed by atoms with Crippen molar-refractivity contribution in [1.29, 1.82) is 0 Å². The summed E-state index contributed by atoms with van der Waals surface area (Å²) in [5, 5.41) is 14.6. The second kappa shape index (κ2) is 3.66. The van der Waals surface area contributed by atoms with E-state index < -0.39 is 10.9 Å². The summed E-state index contributed by atoms with van der Waals surface area (Å²) in [6.07, 6.45) is 1.68. The van der Waals surface area contributed by atoms with E-state index in [-0.39, 0.29) is 12.3 Å². The third-order valence-electron chi connectivity index (χ3n) is 2.67. The molecule has 0 saturated heterocycles. The summed E-state index contributed by atoms with van der Waals surface area (Å²) in [7, 11) is 0. The number of hydrogen-bond donors (Lipinski definition) is 0. The molecule has 2 aromatic rings. The molecule has 0 N–H and O–H groups in total. The highest BCUT2D eigenvalue weighted by atomic mass is 16.6. The van der Waals surface area contributed by atoms with E-state index in [9.17, 15) is 14.9 Å². The van der Waals surface area contributed by atoms with Gasteiger partial charge in [0.15, 0.2) is 5.69 Å². The summed E-state index contributed by atoms with van der Waals surface area (Å²) in [5.74, 6) is -0.439. The minimum absolute atomic E-state index is 0.0119. The smallest absolute Gasteiger partial charge is 0.359 e. The number of rotatable bonds is 2. The van der Waals surface area contributed by atoms with Crippen LogP contribution in [0.4, 0.5) is 5.69 Å². The van der Waals surface area contributed by atoms with E-state index >= 15 is 0 Å². The Morgan fingerprint density at radius 1 is 1.33 bits per heavy atom. The van der Waals surface area contributed by atoms with Crippen LogP contribution in [-0.4, -0.2) is 20.7 Å². The zero-order valence-electron chi connectivity index (χ0n) is 9.07. The summed E-state index contributed by atoms with van der Waals surface area (Å²) < 4.78 is 6.31. The highest BCUT2D eigenvalue weighted by Crippen LogP contribution is 2.21. The number of nitrogens with zero attached hydrogens (tertiary/aromatic N) is 3. The molecule has 1 aromatic carbocycles. The minimum Gasteiger partial charge on any atom is -0.456 e. The molecule has 2 heterocycles. The van der Waals surface area contributed by atoms with Crippen LogP contribution in [0.25, 0.3) is 5.69 Å². The Kier molecular flexibility index (Phi) is 2.12. The van der Waals surface area contributed by atoms with E-state index in [0.29, 0.717) is 11.4 Å². The highest BCUT2D eigenvalue weighted by Gasteiger charge is 2.25. The Bertz CT molecular complexity index is 645. The molecule has 0 radical (unpaired) electrons. The largest absolute Gasteiger partial charge is 0.456 e. The summed E-state index contributed by atoms with van der Waals surface area (Å²) >= 11 is 0. The molecular formula is C11H7N3O4. The van der Waals surface area contributed by atoms with Gasteiger partial charge in [-0.15, -0.1) is 0 Å². The van der Waals surface area contributed by atoms with Crippen LogP contribution in [0.3, 0.4) is 0 Å². The summed E-state index contributed by atoms with van der Waals surface area (Å²) in [6.45, 7) is 0.223. The number of nitro groups is 1. The van der Waals surface area contributed by atoms with Crippen LogP contribution in [-0.2, 0) is 11.3 Å². The van der Waals surface area contributed by atoms with E-state index in [0.717, 1.165) is 5.56 Å². The maximum atomic E-state index is 11.3. The van der Waals surface area contributed by atoms with Crippen molar-refractivity contribution < 1.29 is 14.5 Å². The Morgan fingerprint density at radius 3 is 2.67 bits per heavy atom. The number of fused-ring (bicyclic) bond motifs is 1. The number of hydrogen-bond acceptors (Lipinski definition) is 5. The lowest BCUT2D eigenvalue weighted by molar-refractivity contribution is -0.384. The Labute approximate surface area is 101 Å². The number of nitro benzene ring substituents is 1. The predicted molar refractivity (Wildman–Crippen MR) is 59.3 cm³/mol. The van der Waals surface area contributed by atoms with Crippen molar-refractivity contribution >= 4 is 11.7 Å². The predicted octanol–water partition coefficient (Wildman–Crippen LogP) is 1.45. The van der Waals surface area contributed by atoms with Gasteiger partial charge in [-0.25, -0.2) is 9.48 Å². The molecule has 0 amide bonds. The monoisotopic (exact) mass is 245 g/mol. The van der Waals surface area contributed by atoms with Gasteiger partial charge >= 0.3 is 5.97 Å². The fourth-order valence-corrected chi connectivity index (χ4v) is 1.76. The molecule has 7 nitrogen and oxygen atoms in total. The molecule has 1 aliphatic heterocycles. The number of aromatic nitrogens is 2. The van der Waals surface area contributed by atoms with Gasteiger partial charge in [0.25, 0.3) is 5.69 Å². The van der Waals surface area contributed by atoms with Crippen molar-refractivity contribution in [2.45, 2.75) is 6.61 Å². The van der Waals surface area contributed by atoms with E-state index in [1.807, 2.05) is 0 Å². The number of benzene rings is 1. The van der Waals surface area contributed by atoms with Gasteiger partial charge in [0, 0.05) is 23.9 Å². The van der Waals surface area contributed by atoms with Crippen molar-refractivity contribution in [3.05, 3.63) is 51.8 Å². The van der Waals surface area contributed by atoms with Crippen molar-refractivity contribution in [3.8, 4) is 5.69 Å². The van der Waals surface area contributed by atoms with E-state index in [4.69, 9.17) is 4.74 Å². The summed E-state index contributed by atoms with van der Waals surface area (Å²) in [6, 6.07) is 5.93. The zero-order chi connectivity index (χ0) is 12.7. The molecule has 0 unspecified atom stereocenters. The summed E-state index contributed by atoms with van der Waals surface area (Å²) in [5.41, 5.74) is 1.69. The molecule has 1 aromatic heterocycles. The van der Waals surface area contributed by atoms with E-state index in [1.54, 1.807) is 18.3 Å². The average molecular weight is 245 g/mol. The maximum absolute atomic E-state index is 11.3. The van der Waals surface area contributed by atoms with Crippen LogP contribution in [0.1, 0.15) is 16.1 Å². The van der Waals surface area contributed by atoms with Crippen LogP contribution in [0.5, 0.6) is 0 Å². The van der Waals surface area contributed by atoms with Crippen LogP contribution in [0, 0.1) is 10.1 Å². The standard InChI is InChI=1S/C11H7N3O4/c15-11-10-7(6-18-11)5-13(12-10)8-1-3-9(4-2-8)14(16)17/h1-5H,6H2. The molecule has 3 rings (SSSR count). The Morgan fingerprint density at radius 2 is 2.06 bits per heavy atom. The number of esters is 1. The number of carbonyl (C=O) groups excluding carboxylic acids is 1. The fraction of sp³-hybridized carbons (Fsp3) is 0.0909. The second-order valence-corrected chi connectivity index (χ2v) is 3.80. The lowest BCUT2D eigenvalue weighted by atomic mass is 10.3. The van der Waals surface area contributed by atoms with Gasteiger partial charge in [-0.3, -0.25) is 10.1 Å². The van der Waals surface area contributed by atoms with Crippen LogP contribution >= 0.6 is 0 Å². The SMILES string of the molecule is O=C1OCc2cn(-c3ccc([N+](=O)[O-])cc3)nc21. The Balaban J connectivity index is 1.98. The highest BCUT2D eigenvalue weighted by molar-refractivity contribution is 5.91. The molecule has 18 heavy (non-hydrogen) atoms. The molecule has 0 atom stereocenters. The van der Waals surface area contributed by atoms with Crippen LogP contribution in [0.15, 0.2) is 30.5 Å². The molecule has 0 aliphatic carbocycles. The van der Waals surface area contributed by atoms with Gasteiger partial charge in [0.05, 0.1) is 10.6 Å². The normalized spacial score (nSPS) is 13.2. The van der Waals surface area contributed by atoms with Crippen molar-refractivity contribution in [3.63, 3.8) is 0 Å². The van der Waals surface area contributed by atoms with Gasteiger partial charge in [0.2, 0.25) is 0 Å². The van der Waals surface area contributed by atoms with Crippen molar-refractivity contribution in [2.75, 3.05) is 0 Å². The summed E-state index contributed by atoms with van der Waals surface area (Å²) in [4.78, 5) is 21.3. The zero-order valence-corrected chi connectivity index (χ0v) is 9.07. The average Bonchev–Trinajstić information content (AvgIpc) is 2.92. The van der Waals surface area contributed by atoms with Crippen molar-refractivity contribution in [2.24, 2.45) is 0 Å². The topological polar surface area (TPSA) is 87.3 Å². The number of cyclic esters (lactones) is 1. The Hall–Kier alpha value is -2.70. The first-order valence-electron chi connectivity index (χ1n) is 5.15. The number of non-ortho nitro benzene ring substituents is 1. The lowest BCUT2D eigenvalue weighted by Crippen LogP contribution is -2.01. The third-order valence-corrected chi connectivity index (χ3v) is 2.67. The quantitative estimate of drug-likeness (QED) is 0.454. The molecule has 0 spiro atoms. The van der Waals surface area contributed by atoms with Gasteiger partial charge in [-0.05, 0) is 12.1 Å². The molecule has 0 bridgehead atoms. The lowest BCUT2D eigenvalue weighted by Gasteiger charge is -2.01. The first kappa shape index (κ1) is 10.5. The third kappa shape index (κ3) is 1.53. The van der Waals surface area contributed by atoms with Gasteiger partial charge < -0.3 is 4.74 Å². The molecule has 1 aliphatic rings. The van der Waals surface area contributed by atoms with Crippen LogP contribution < -0.4 is 0 Å².